The second kappa shape index (κ2) is 4.94. The molecule has 1 aromatic rings. The minimum atomic E-state index is -0.409. The number of methoxy groups -OCH3 is 1. The maximum absolute atomic E-state index is 11.3. The zero-order valence-corrected chi connectivity index (χ0v) is 9.19. The van der Waals surface area contributed by atoms with Crippen molar-refractivity contribution in [2.24, 2.45) is 0 Å². The number of ether oxygens (including phenoxy) is 1. The van der Waals surface area contributed by atoms with E-state index in [2.05, 4.69) is 20.4 Å². The summed E-state index contributed by atoms with van der Waals surface area (Å²) >= 11 is 0. The molecule has 5 heteroatoms. The molecule has 1 aromatic heterocycles. The molecule has 5 nitrogen and oxygen atoms in total. The first kappa shape index (κ1) is 10.9. The van der Waals surface area contributed by atoms with Gasteiger partial charge in [0.1, 0.15) is 5.69 Å². The summed E-state index contributed by atoms with van der Waals surface area (Å²) in [5, 5.41) is 6.62. The Morgan fingerprint density at radius 3 is 3.25 bits per heavy atom. The van der Waals surface area contributed by atoms with Gasteiger partial charge >= 0.3 is 5.97 Å². The van der Waals surface area contributed by atoms with E-state index in [1.807, 2.05) is 6.07 Å². The molecular formula is C11H15N3O2. The summed E-state index contributed by atoms with van der Waals surface area (Å²) in [7, 11) is 1.35. The molecule has 1 fully saturated rings. The van der Waals surface area contributed by atoms with Crippen LogP contribution in [0.3, 0.4) is 0 Å². The first-order valence-corrected chi connectivity index (χ1v) is 5.31. The van der Waals surface area contributed by atoms with Crippen molar-refractivity contribution >= 4 is 11.7 Å². The smallest absolute Gasteiger partial charge is 0.356 e. The molecule has 0 aliphatic carbocycles. The van der Waals surface area contributed by atoms with Crippen LogP contribution in [0.5, 0.6) is 0 Å². The van der Waals surface area contributed by atoms with E-state index in [0.29, 0.717) is 11.7 Å². The van der Waals surface area contributed by atoms with Crippen molar-refractivity contribution < 1.29 is 9.53 Å². The van der Waals surface area contributed by atoms with Crippen molar-refractivity contribution in [2.75, 3.05) is 25.5 Å². The molecule has 2 rings (SSSR count). The number of aromatic nitrogens is 1. The van der Waals surface area contributed by atoms with E-state index in [9.17, 15) is 4.79 Å². The SMILES string of the molecule is COC(=O)c1cc(NC2CCNC2)ccn1. The molecule has 0 saturated carbocycles. The molecule has 1 aliphatic heterocycles. The quantitative estimate of drug-likeness (QED) is 0.733. The van der Waals surface area contributed by atoms with E-state index in [1.54, 1.807) is 12.3 Å². The van der Waals surface area contributed by atoms with E-state index in [4.69, 9.17) is 0 Å². The number of nitrogens with zero attached hydrogens (tertiary/aromatic N) is 1. The Balaban J connectivity index is 2.06. The van der Waals surface area contributed by atoms with Crippen LogP contribution in [0.1, 0.15) is 16.9 Å². The van der Waals surface area contributed by atoms with Crippen molar-refractivity contribution in [3.8, 4) is 0 Å². The summed E-state index contributed by atoms with van der Waals surface area (Å²) in [6.45, 7) is 1.99. The van der Waals surface area contributed by atoms with Gasteiger partial charge in [0.15, 0.2) is 0 Å². The van der Waals surface area contributed by atoms with Gasteiger partial charge < -0.3 is 15.4 Å². The molecule has 2 N–H and O–H groups in total. The van der Waals surface area contributed by atoms with Crippen LogP contribution in [0.15, 0.2) is 18.3 Å². The average molecular weight is 221 g/mol. The van der Waals surface area contributed by atoms with Crippen LogP contribution in [-0.2, 0) is 4.74 Å². The second-order valence-electron chi connectivity index (χ2n) is 3.76. The van der Waals surface area contributed by atoms with Gasteiger partial charge in [0, 0.05) is 24.5 Å². The first-order chi connectivity index (χ1) is 7.79. The van der Waals surface area contributed by atoms with Crippen molar-refractivity contribution in [3.05, 3.63) is 24.0 Å². The number of hydrogen-bond donors (Lipinski definition) is 2. The van der Waals surface area contributed by atoms with E-state index in [-0.39, 0.29) is 0 Å². The zero-order valence-electron chi connectivity index (χ0n) is 9.19. The number of carbonyl (C=O) groups is 1. The second-order valence-corrected chi connectivity index (χ2v) is 3.76. The van der Waals surface area contributed by atoms with Crippen molar-refractivity contribution in [1.29, 1.82) is 0 Å². The molecule has 16 heavy (non-hydrogen) atoms. The highest BCUT2D eigenvalue weighted by Crippen LogP contribution is 2.12. The third-order valence-electron chi connectivity index (χ3n) is 2.59. The molecule has 0 bridgehead atoms. The maximum atomic E-state index is 11.3. The molecule has 1 saturated heterocycles. The third-order valence-corrected chi connectivity index (χ3v) is 2.59. The topological polar surface area (TPSA) is 63.2 Å². The lowest BCUT2D eigenvalue weighted by Gasteiger charge is -2.12. The Bertz CT molecular complexity index is 375. The Morgan fingerprint density at radius 2 is 2.56 bits per heavy atom. The van der Waals surface area contributed by atoms with Gasteiger partial charge in [-0.1, -0.05) is 0 Å². The monoisotopic (exact) mass is 221 g/mol. The summed E-state index contributed by atoms with van der Waals surface area (Å²) < 4.78 is 4.62. The third kappa shape index (κ3) is 2.49. The summed E-state index contributed by atoms with van der Waals surface area (Å²) in [6, 6.07) is 3.99. The molecule has 1 unspecified atom stereocenters. The van der Waals surface area contributed by atoms with Gasteiger partial charge in [0.25, 0.3) is 0 Å². The van der Waals surface area contributed by atoms with Gasteiger partial charge in [-0.15, -0.1) is 0 Å². The number of hydrogen-bond acceptors (Lipinski definition) is 5. The van der Waals surface area contributed by atoms with Crippen LogP contribution in [-0.4, -0.2) is 37.2 Å². The Morgan fingerprint density at radius 1 is 1.69 bits per heavy atom. The Hall–Kier alpha value is -1.62. The number of pyridine rings is 1. The van der Waals surface area contributed by atoms with Gasteiger partial charge in [-0.3, -0.25) is 0 Å². The molecule has 0 amide bonds. The Kier molecular flexibility index (Phi) is 3.36. The van der Waals surface area contributed by atoms with Crippen molar-refractivity contribution in [2.45, 2.75) is 12.5 Å². The normalized spacial score (nSPS) is 19.4. The zero-order chi connectivity index (χ0) is 11.4. The summed E-state index contributed by atoms with van der Waals surface area (Å²) in [5.41, 5.74) is 1.24. The fraction of sp³-hybridized carbons (Fsp3) is 0.455. The van der Waals surface area contributed by atoms with Gasteiger partial charge in [0.2, 0.25) is 0 Å². The van der Waals surface area contributed by atoms with E-state index < -0.39 is 5.97 Å². The molecular weight excluding hydrogens is 206 g/mol. The van der Waals surface area contributed by atoms with Crippen LogP contribution < -0.4 is 10.6 Å². The number of nitrogens with one attached hydrogen (secondary N) is 2. The van der Waals surface area contributed by atoms with Crippen molar-refractivity contribution in [1.82, 2.24) is 10.3 Å². The molecule has 0 aromatic carbocycles. The predicted molar refractivity (Wildman–Crippen MR) is 60.5 cm³/mol. The highest BCUT2D eigenvalue weighted by atomic mass is 16.5. The van der Waals surface area contributed by atoms with Gasteiger partial charge in [-0.2, -0.15) is 0 Å². The highest BCUT2D eigenvalue weighted by Gasteiger charge is 2.14. The van der Waals surface area contributed by atoms with Crippen LogP contribution in [0.2, 0.25) is 0 Å². The fourth-order valence-electron chi connectivity index (χ4n) is 1.75. The molecule has 0 radical (unpaired) electrons. The molecule has 86 valence electrons. The molecule has 1 atom stereocenters. The van der Waals surface area contributed by atoms with Crippen LogP contribution >= 0.6 is 0 Å². The maximum Gasteiger partial charge on any atom is 0.356 e. The number of anilines is 1. The standard InChI is InChI=1S/C11H15N3O2/c1-16-11(15)10-6-8(3-5-13-10)14-9-2-4-12-7-9/h3,5-6,9,12H,2,4,7H2,1H3,(H,13,14). The van der Waals surface area contributed by atoms with E-state index >= 15 is 0 Å². The van der Waals surface area contributed by atoms with Gasteiger partial charge in [-0.25, -0.2) is 9.78 Å². The molecule has 2 heterocycles. The van der Waals surface area contributed by atoms with E-state index in [0.717, 1.165) is 25.2 Å². The number of rotatable bonds is 3. The van der Waals surface area contributed by atoms with Crippen LogP contribution in [0, 0.1) is 0 Å². The largest absolute Gasteiger partial charge is 0.464 e. The molecule has 0 spiro atoms. The minimum Gasteiger partial charge on any atom is -0.464 e. The number of esters is 1. The lowest BCUT2D eigenvalue weighted by molar-refractivity contribution is 0.0594. The lowest BCUT2D eigenvalue weighted by Crippen LogP contribution is -2.22. The first-order valence-electron chi connectivity index (χ1n) is 5.31. The van der Waals surface area contributed by atoms with Crippen LogP contribution in [0.25, 0.3) is 0 Å². The Labute approximate surface area is 94.2 Å². The minimum absolute atomic E-state index is 0.332. The molecule has 1 aliphatic rings. The fourth-order valence-corrected chi connectivity index (χ4v) is 1.75. The lowest BCUT2D eigenvalue weighted by atomic mass is 10.2. The highest BCUT2D eigenvalue weighted by molar-refractivity contribution is 5.88. The van der Waals surface area contributed by atoms with Gasteiger partial charge in [0.05, 0.1) is 7.11 Å². The summed E-state index contributed by atoms with van der Waals surface area (Å²) in [6.07, 6.45) is 2.70. The summed E-state index contributed by atoms with van der Waals surface area (Å²) in [5.74, 6) is -0.409. The average Bonchev–Trinajstić information content (AvgIpc) is 2.81. The van der Waals surface area contributed by atoms with Crippen LogP contribution in [0.4, 0.5) is 5.69 Å². The summed E-state index contributed by atoms with van der Waals surface area (Å²) in [4.78, 5) is 15.2. The predicted octanol–water partition coefficient (Wildman–Crippen LogP) is 0.642. The van der Waals surface area contributed by atoms with Gasteiger partial charge in [-0.05, 0) is 25.1 Å². The van der Waals surface area contributed by atoms with E-state index in [1.165, 1.54) is 7.11 Å². The number of carbonyl (C=O) groups excluding carboxylic acids is 1. The van der Waals surface area contributed by atoms with Crippen molar-refractivity contribution in [3.63, 3.8) is 0 Å².